The molecule has 1 fully saturated rings. The van der Waals surface area contributed by atoms with Crippen LogP contribution in [0.25, 0.3) is 0 Å². The van der Waals surface area contributed by atoms with E-state index in [0.29, 0.717) is 5.16 Å². The Morgan fingerprint density at radius 1 is 1.41 bits per heavy atom. The lowest BCUT2D eigenvalue weighted by Gasteiger charge is -2.38. The molecule has 0 aromatic rings. The molecule has 0 bridgehead atoms. The van der Waals surface area contributed by atoms with Crippen LogP contribution < -0.4 is 5.32 Å². The molecule has 4 nitrogen and oxygen atoms in total. The number of nitrogens with zero attached hydrogens (tertiary/aromatic N) is 2. The fourth-order valence-electron chi connectivity index (χ4n) is 2.37. The van der Waals surface area contributed by atoms with E-state index in [1.807, 2.05) is 26.8 Å². The van der Waals surface area contributed by atoms with Crippen LogP contribution in [-0.2, 0) is 4.79 Å². The van der Waals surface area contributed by atoms with Crippen LogP contribution >= 0.6 is 11.6 Å². The zero-order valence-electron chi connectivity index (χ0n) is 14.4. The number of carbonyl (C=O) groups is 1. The molecule has 0 aliphatic carbocycles. The summed E-state index contributed by atoms with van der Waals surface area (Å²) < 4.78 is 0. The lowest BCUT2D eigenvalue weighted by atomic mass is 10.1. The molecule has 22 heavy (non-hydrogen) atoms. The average Bonchev–Trinajstić information content (AvgIpc) is 2.53. The van der Waals surface area contributed by atoms with Crippen LogP contribution in [0.4, 0.5) is 0 Å². The second kappa shape index (κ2) is 8.99. The normalized spacial score (nSPS) is 23.8. The number of allylic oxidation sites excluding steroid dienone is 2. The van der Waals surface area contributed by atoms with Gasteiger partial charge in [0.1, 0.15) is 11.2 Å². The summed E-state index contributed by atoms with van der Waals surface area (Å²) in [5.74, 6) is 0.818. The van der Waals surface area contributed by atoms with Crippen LogP contribution in [0.15, 0.2) is 27.5 Å². The van der Waals surface area contributed by atoms with Crippen molar-refractivity contribution in [1.29, 1.82) is 0 Å². The number of hydrogen-bond acceptors (Lipinski definition) is 2. The van der Waals surface area contributed by atoms with Crippen molar-refractivity contribution in [1.82, 2.24) is 10.2 Å². The van der Waals surface area contributed by atoms with Crippen molar-refractivity contribution in [3.05, 3.63) is 22.5 Å². The van der Waals surface area contributed by atoms with Gasteiger partial charge in [0.15, 0.2) is 5.84 Å². The average molecular weight is 326 g/mol. The molecular formula is C17H28ClN3O. The van der Waals surface area contributed by atoms with E-state index >= 15 is 0 Å². The maximum absolute atomic E-state index is 12.3. The molecule has 1 amide bonds. The Morgan fingerprint density at radius 3 is 2.59 bits per heavy atom. The highest BCUT2D eigenvalue weighted by atomic mass is 35.5. The largest absolute Gasteiger partial charge is 0.343 e. The molecule has 1 heterocycles. The van der Waals surface area contributed by atoms with Gasteiger partial charge in [-0.25, -0.2) is 4.99 Å². The monoisotopic (exact) mass is 325 g/mol. The van der Waals surface area contributed by atoms with Crippen LogP contribution in [-0.4, -0.2) is 29.2 Å². The van der Waals surface area contributed by atoms with Crippen molar-refractivity contribution in [3.8, 4) is 0 Å². The lowest BCUT2D eigenvalue weighted by Crippen LogP contribution is -2.57. The summed E-state index contributed by atoms with van der Waals surface area (Å²) in [5, 5.41) is 3.47. The zero-order chi connectivity index (χ0) is 16.7. The van der Waals surface area contributed by atoms with Gasteiger partial charge < -0.3 is 10.2 Å². The van der Waals surface area contributed by atoms with Gasteiger partial charge in [-0.2, -0.15) is 0 Å². The minimum atomic E-state index is -0.180. The molecule has 1 unspecified atom stereocenters. The molecular weight excluding hydrogens is 298 g/mol. The zero-order valence-corrected chi connectivity index (χ0v) is 15.1. The standard InChI is InChI=1S/C17H28ClN3O/c1-6-10-11-21-14(9-4)17(22)19-13(8-3)16(21)20-15(18)12(5)7-2/h8,14H,6-7,9-11H2,1-5H3,(H,19,22). The van der Waals surface area contributed by atoms with E-state index < -0.39 is 0 Å². The highest BCUT2D eigenvalue weighted by Gasteiger charge is 2.34. The van der Waals surface area contributed by atoms with Gasteiger partial charge in [0.2, 0.25) is 5.91 Å². The molecule has 0 saturated carbocycles. The Morgan fingerprint density at radius 2 is 2.09 bits per heavy atom. The highest BCUT2D eigenvalue weighted by molar-refractivity contribution is 6.30. The van der Waals surface area contributed by atoms with E-state index in [1.165, 1.54) is 0 Å². The Hall–Kier alpha value is -1.29. The van der Waals surface area contributed by atoms with Crippen molar-refractivity contribution in [3.63, 3.8) is 0 Å². The van der Waals surface area contributed by atoms with Gasteiger partial charge in [-0.3, -0.25) is 4.79 Å². The van der Waals surface area contributed by atoms with Crippen molar-refractivity contribution < 1.29 is 4.79 Å². The number of aliphatic imine (C=N–C) groups is 1. The minimum absolute atomic E-state index is 0.0398. The summed E-state index contributed by atoms with van der Waals surface area (Å²) in [4.78, 5) is 19.0. The minimum Gasteiger partial charge on any atom is -0.343 e. The Labute approximate surface area is 139 Å². The maximum Gasteiger partial charge on any atom is 0.247 e. The first kappa shape index (κ1) is 18.8. The number of rotatable bonds is 6. The molecule has 1 saturated heterocycles. The number of piperazine rings is 1. The smallest absolute Gasteiger partial charge is 0.247 e. The summed E-state index contributed by atoms with van der Waals surface area (Å²) in [6.07, 6.45) is 5.59. The summed E-state index contributed by atoms with van der Waals surface area (Å²) in [7, 11) is 0. The molecule has 0 spiro atoms. The summed E-state index contributed by atoms with van der Waals surface area (Å²) in [5.41, 5.74) is 1.79. The van der Waals surface area contributed by atoms with E-state index in [9.17, 15) is 4.79 Å². The Bertz CT molecular complexity index is 494. The molecule has 0 radical (unpaired) electrons. The van der Waals surface area contributed by atoms with Crippen LogP contribution in [0.2, 0.25) is 0 Å². The third-order valence-corrected chi connectivity index (χ3v) is 4.37. The van der Waals surface area contributed by atoms with Gasteiger partial charge in [-0.1, -0.05) is 44.9 Å². The van der Waals surface area contributed by atoms with Crippen LogP contribution in [0.5, 0.6) is 0 Å². The second-order valence-corrected chi connectivity index (χ2v) is 5.88. The van der Waals surface area contributed by atoms with Gasteiger partial charge in [0, 0.05) is 6.54 Å². The predicted octanol–water partition coefficient (Wildman–Crippen LogP) is 4.18. The molecule has 0 aromatic carbocycles. The van der Waals surface area contributed by atoms with Gasteiger partial charge in [-0.15, -0.1) is 0 Å². The number of amidine groups is 1. The van der Waals surface area contributed by atoms with Crippen molar-refractivity contribution in [2.24, 2.45) is 4.99 Å². The van der Waals surface area contributed by atoms with Gasteiger partial charge in [0.25, 0.3) is 0 Å². The van der Waals surface area contributed by atoms with E-state index in [2.05, 4.69) is 29.1 Å². The van der Waals surface area contributed by atoms with Gasteiger partial charge in [0.05, 0.1) is 5.70 Å². The quantitative estimate of drug-likeness (QED) is 0.744. The molecule has 5 heteroatoms. The Kier molecular flexibility index (Phi) is 7.66. The summed E-state index contributed by atoms with van der Waals surface area (Å²) in [6.45, 7) is 10.9. The van der Waals surface area contributed by atoms with E-state index in [4.69, 9.17) is 11.6 Å². The topological polar surface area (TPSA) is 44.7 Å². The molecule has 1 aliphatic rings. The molecule has 0 aromatic heterocycles. The lowest BCUT2D eigenvalue weighted by molar-refractivity contribution is -0.125. The number of carbonyl (C=O) groups excluding carboxylic acids is 1. The molecule has 124 valence electrons. The highest BCUT2D eigenvalue weighted by Crippen LogP contribution is 2.22. The predicted molar refractivity (Wildman–Crippen MR) is 93.9 cm³/mol. The first-order chi connectivity index (χ1) is 10.5. The van der Waals surface area contributed by atoms with E-state index in [0.717, 1.165) is 49.3 Å². The first-order valence-corrected chi connectivity index (χ1v) is 8.55. The number of hydrogen-bond donors (Lipinski definition) is 1. The fourth-order valence-corrected chi connectivity index (χ4v) is 2.59. The number of unbranched alkanes of at least 4 members (excludes halogenated alkanes) is 1. The van der Waals surface area contributed by atoms with E-state index in [1.54, 1.807) is 0 Å². The molecule has 1 aliphatic heterocycles. The van der Waals surface area contributed by atoms with Crippen LogP contribution in [0, 0.1) is 0 Å². The number of amides is 1. The fraction of sp³-hybridized carbons (Fsp3) is 0.647. The maximum atomic E-state index is 12.3. The van der Waals surface area contributed by atoms with Crippen LogP contribution in [0.3, 0.4) is 0 Å². The van der Waals surface area contributed by atoms with Crippen molar-refractivity contribution in [2.45, 2.75) is 66.3 Å². The van der Waals surface area contributed by atoms with Gasteiger partial charge in [-0.05, 0) is 38.7 Å². The molecule has 1 N–H and O–H groups in total. The number of halogens is 1. The summed E-state index contributed by atoms with van der Waals surface area (Å²) in [6, 6.07) is -0.180. The van der Waals surface area contributed by atoms with Crippen molar-refractivity contribution in [2.75, 3.05) is 6.54 Å². The third-order valence-electron chi connectivity index (χ3n) is 3.96. The third kappa shape index (κ3) is 4.35. The molecule has 1 atom stereocenters. The number of nitrogens with one attached hydrogen (secondary N) is 1. The second-order valence-electron chi connectivity index (χ2n) is 5.52. The van der Waals surface area contributed by atoms with E-state index in [-0.39, 0.29) is 11.9 Å². The first-order valence-electron chi connectivity index (χ1n) is 8.18. The SMILES string of the molecule is CC=C1NC(=O)C(CC)N(CCCC)C1=NC(Cl)=C(C)CC. The Balaban J connectivity index is 3.29. The van der Waals surface area contributed by atoms with Crippen LogP contribution in [0.1, 0.15) is 60.3 Å². The molecule has 1 rings (SSSR count). The van der Waals surface area contributed by atoms with Crippen molar-refractivity contribution >= 4 is 23.3 Å². The van der Waals surface area contributed by atoms with Gasteiger partial charge >= 0.3 is 0 Å². The summed E-state index contributed by atoms with van der Waals surface area (Å²) >= 11 is 6.34.